The highest BCUT2D eigenvalue weighted by Gasteiger charge is 2.35. The lowest BCUT2D eigenvalue weighted by molar-refractivity contribution is 0.410. The molecule has 0 aromatic heterocycles. The minimum atomic E-state index is 0.188. The fourth-order valence-electron chi connectivity index (χ4n) is 6.83. The molecular weight excluding hydrogens is 436 g/mol. The van der Waals surface area contributed by atoms with E-state index >= 15 is 0 Å². The lowest BCUT2D eigenvalue weighted by atomic mass is 9.72. The number of anilines is 1. The fraction of sp³-hybridized carbons (Fsp3) is 0.441. The predicted molar refractivity (Wildman–Crippen MR) is 154 cm³/mol. The second-order valence-electron chi connectivity index (χ2n) is 13.1. The summed E-state index contributed by atoms with van der Waals surface area (Å²) in [4.78, 5) is 2.47. The van der Waals surface area contributed by atoms with Gasteiger partial charge in [-0.15, -0.1) is 0 Å². The van der Waals surface area contributed by atoms with E-state index in [1.807, 2.05) is 0 Å². The highest BCUT2D eigenvalue weighted by molar-refractivity contribution is 5.86. The summed E-state index contributed by atoms with van der Waals surface area (Å²) < 4.78 is 2.47. The van der Waals surface area contributed by atoms with Crippen molar-refractivity contribution in [1.82, 2.24) is 4.58 Å². The molecule has 4 aliphatic rings. The van der Waals surface area contributed by atoms with E-state index in [9.17, 15) is 0 Å². The molecule has 0 bridgehead atoms. The second-order valence-corrected chi connectivity index (χ2v) is 13.1. The van der Waals surface area contributed by atoms with E-state index in [2.05, 4.69) is 101 Å². The zero-order valence-electron chi connectivity index (χ0n) is 23.3. The lowest BCUT2D eigenvalue weighted by Crippen LogP contribution is -2.45. The van der Waals surface area contributed by atoms with Crippen LogP contribution in [0.5, 0.6) is 0 Å². The van der Waals surface area contributed by atoms with Gasteiger partial charge in [-0.1, -0.05) is 52.0 Å². The van der Waals surface area contributed by atoms with Crippen molar-refractivity contribution in [1.29, 1.82) is 0 Å². The molecule has 2 aromatic rings. The normalized spacial score (nSPS) is 21.2. The summed E-state index contributed by atoms with van der Waals surface area (Å²) >= 11 is 0. The summed E-state index contributed by atoms with van der Waals surface area (Å²) in [5, 5.41) is 2.87. The molecule has 2 heteroatoms. The molecule has 0 radical (unpaired) electrons. The topological polar surface area (TPSA) is 6.25 Å². The van der Waals surface area contributed by atoms with Crippen LogP contribution in [0.25, 0.3) is 5.57 Å². The molecule has 0 saturated carbocycles. The van der Waals surface area contributed by atoms with Crippen molar-refractivity contribution in [2.45, 2.75) is 71.1 Å². The Morgan fingerprint density at radius 2 is 1.67 bits per heavy atom. The first kappa shape index (κ1) is 23.5. The van der Waals surface area contributed by atoms with Gasteiger partial charge < -0.3 is 4.90 Å². The van der Waals surface area contributed by atoms with Gasteiger partial charge in [0, 0.05) is 42.7 Å². The quantitative estimate of drug-likeness (QED) is 0.515. The number of fused-ring (bicyclic) bond motifs is 4. The number of hydrogen-bond donors (Lipinski definition) is 0. The van der Waals surface area contributed by atoms with Gasteiger partial charge in [-0.05, 0) is 94.0 Å². The van der Waals surface area contributed by atoms with Gasteiger partial charge in [0.15, 0.2) is 0 Å². The first-order valence-corrected chi connectivity index (χ1v) is 13.7. The van der Waals surface area contributed by atoms with Crippen LogP contribution < -0.4 is 20.1 Å². The Kier molecular flexibility index (Phi) is 5.11. The summed E-state index contributed by atoms with van der Waals surface area (Å²) in [6.45, 7) is 18.3. The molecule has 0 atom stereocenters. The van der Waals surface area contributed by atoms with Gasteiger partial charge in [-0.25, -0.2) is 4.58 Å². The van der Waals surface area contributed by atoms with Crippen molar-refractivity contribution in [2.24, 2.45) is 0 Å². The molecule has 0 fully saturated rings. The predicted octanol–water partition coefficient (Wildman–Crippen LogP) is 5.54. The third-order valence-electron chi connectivity index (χ3n) is 9.52. The van der Waals surface area contributed by atoms with Crippen LogP contribution in [-0.4, -0.2) is 27.2 Å². The summed E-state index contributed by atoms with van der Waals surface area (Å²) in [5.74, 6) is 0. The van der Waals surface area contributed by atoms with Gasteiger partial charge in [-0.3, -0.25) is 0 Å². The van der Waals surface area contributed by atoms with Crippen molar-refractivity contribution >= 4 is 11.3 Å². The molecule has 6 rings (SSSR count). The largest absolute Gasteiger partial charge is 0.374 e. The molecule has 0 unspecified atom stereocenters. The first-order valence-electron chi connectivity index (χ1n) is 13.7. The maximum Gasteiger partial charge on any atom is 0.203 e. The van der Waals surface area contributed by atoms with Crippen molar-refractivity contribution in [3.05, 3.63) is 98.1 Å². The maximum absolute atomic E-state index is 4.25. The number of allylic oxidation sites excluding steroid dienone is 5. The van der Waals surface area contributed by atoms with Crippen LogP contribution in [0.2, 0.25) is 0 Å². The summed E-state index contributed by atoms with van der Waals surface area (Å²) in [6, 6.07) is 10.2. The second kappa shape index (κ2) is 7.81. The smallest absolute Gasteiger partial charge is 0.203 e. The van der Waals surface area contributed by atoms with Gasteiger partial charge in [0.2, 0.25) is 5.36 Å². The highest BCUT2D eigenvalue weighted by atomic mass is 15.1. The SMILES string of the molecule is C=C(C)C1=CC=C(C2=c3cc4c(cc3Cc3cc5c(cc32)C(C)(C)CCN5C)=[N+](C)CCC4(C)C)C1. The Hall–Kier alpha value is -2.87. The molecule has 2 heterocycles. The maximum atomic E-state index is 4.25. The Balaban J connectivity index is 1.68. The molecule has 0 saturated heterocycles. The van der Waals surface area contributed by atoms with Crippen LogP contribution in [0, 0.1) is 0 Å². The van der Waals surface area contributed by atoms with Gasteiger partial charge in [0.25, 0.3) is 0 Å². The molecule has 0 N–H and O–H groups in total. The fourth-order valence-corrected chi connectivity index (χ4v) is 6.83. The Morgan fingerprint density at radius 1 is 0.917 bits per heavy atom. The van der Waals surface area contributed by atoms with Crippen LogP contribution in [0.15, 0.2) is 59.7 Å². The van der Waals surface area contributed by atoms with Crippen LogP contribution in [-0.2, 0) is 17.3 Å². The third kappa shape index (κ3) is 3.48. The average Bonchev–Trinajstić information content (AvgIpc) is 3.31. The van der Waals surface area contributed by atoms with Crippen molar-refractivity contribution in [3.63, 3.8) is 0 Å². The van der Waals surface area contributed by atoms with Crippen molar-refractivity contribution in [3.8, 4) is 0 Å². The molecule has 2 aromatic carbocycles. The molecule has 2 nitrogen and oxygen atoms in total. The van der Waals surface area contributed by atoms with Crippen molar-refractivity contribution in [2.75, 3.05) is 32.1 Å². The molecule has 36 heavy (non-hydrogen) atoms. The van der Waals surface area contributed by atoms with E-state index in [-0.39, 0.29) is 10.8 Å². The summed E-state index contributed by atoms with van der Waals surface area (Å²) in [5.41, 5.74) is 14.6. The molecular formula is C34H41N2+. The standard InChI is InChI=1S/C34H41N2/c1-21(2)22-9-10-23(15-22)32-26-19-28-30(35(7)13-11-33(28,3)4)17-24(26)16-25-18-31-29(20-27(25)32)34(5,6)12-14-36(31)8/h9-10,17-20H,1,11-16H2,2-8H3/q+1. The lowest BCUT2D eigenvalue weighted by Gasteiger charge is -2.40. The minimum absolute atomic E-state index is 0.188. The van der Waals surface area contributed by atoms with Gasteiger partial charge in [0.1, 0.15) is 13.6 Å². The monoisotopic (exact) mass is 477 g/mol. The number of benzene rings is 2. The van der Waals surface area contributed by atoms with Gasteiger partial charge in [0.05, 0.1) is 0 Å². The van der Waals surface area contributed by atoms with E-state index < -0.39 is 0 Å². The van der Waals surface area contributed by atoms with E-state index in [1.165, 1.54) is 79.2 Å². The molecule has 186 valence electrons. The van der Waals surface area contributed by atoms with E-state index in [4.69, 9.17) is 0 Å². The van der Waals surface area contributed by atoms with Crippen LogP contribution in [0.4, 0.5) is 5.69 Å². The number of nitrogens with zero attached hydrogens (tertiary/aromatic N) is 2. The van der Waals surface area contributed by atoms with Gasteiger partial charge >= 0.3 is 0 Å². The van der Waals surface area contributed by atoms with Crippen molar-refractivity contribution < 1.29 is 0 Å². The molecule has 0 amide bonds. The van der Waals surface area contributed by atoms with E-state index in [0.29, 0.717) is 0 Å². The Morgan fingerprint density at radius 3 is 2.39 bits per heavy atom. The number of rotatable bonds is 2. The molecule has 2 aliphatic carbocycles. The third-order valence-corrected chi connectivity index (χ3v) is 9.52. The minimum Gasteiger partial charge on any atom is -0.374 e. The van der Waals surface area contributed by atoms with Crippen LogP contribution in [0.3, 0.4) is 0 Å². The van der Waals surface area contributed by atoms with Crippen LogP contribution in [0.1, 0.15) is 81.7 Å². The van der Waals surface area contributed by atoms with E-state index in [1.54, 1.807) is 0 Å². The Labute approximate surface area is 217 Å². The zero-order chi connectivity index (χ0) is 25.6. The first-order chi connectivity index (χ1) is 17.0. The highest BCUT2D eigenvalue weighted by Crippen LogP contribution is 2.44. The van der Waals surface area contributed by atoms with Crippen LogP contribution >= 0.6 is 0 Å². The average molecular weight is 478 g/mol. The molecule has 0 spiro atoms. The zero-order valence-corrected chi connectivity index (χ0v) is 23.3. The molecule has 2 aliphatic heterocycles. The Bertz CT molecular complexity index is 1520. The number of hydrogen-bond acceptors (Lipinski definition) is 1. The van der Waals surface area contributed by atoms with E-state index in [0.717, 1.165) is 25.9 Å². The van der Waals surface area contributed by atoms with Gasteiger partial charge in [-0.2, -0.15) is 0 Å². The summed E-state index contributed by atoms with van der Waals surface area (Å²) in [6.07, 6.45) is 9.03. The summed E-state index contributed by atoms with van der Waals surface area (Å²) in [7, 11) is 4.52.